The van der Waals surface area contributed by atoms with Crippen molar-refractivity contribution in [2.75, 3.05) is 18.9 Å². The van der Waals surface area contributed by atoms with E-state index in [0.29, 0.717) is 12.5 Å². The van der Waals surface area contributed by atoms with Crippen molar-refractivity contribution in [3.63, 3.8) is 0 Å². The van der Waals surface area contributed by atoms with Crippen molar-refractivity contribution in [2.24, 2.45) is 5.92 Å². The van der Waals surface area contributed by atoms with Crippen molar-refractivity contribution in [1.82, 2.24) is 4.90 Å². The summed E-state index contributed by atoms with van der Waals surface area (Å²) in [5.41, 5.74) is 1.67. The monoisotopic (exact) mass is 288 g/mol. The third-order valence-corrected chi connectivity index (χ3v) is 4.34. The van der Waals surface area contributed by atoms with Crippen LogP contribution in [-0.2, 0) is 9.59 Å². The average molecular weight is 288 g/mol. The number of aliphatic hydroxyl groups excluding tert-OH is 1. The first-order chi connectivity index (χ1) is 10.1. The molecule has 2 aliphatic rings. The topological polar surface area (TPSA) is 69.6 Å². The fourth-order valence-electron chi connectivity index (χ4n) is 2.82. The van der Waals surface area contributed by atoms with Crippen molar-refractivity contribution < 1.29 is 14.7 Å². The van der Waals surface area contributed by atoms with Gasteiger partial charge in [0.25, 0.3) is 0 Å². The first kappa shape index (κ1) is 14.1. The highest BCUT2D eigenvalue weighted by Crippen LogP contribution is 2.35. The van der Waals surface area contributed by atoms with Crippen LogP contribution in [0.25, 0.3) is 0 Å². The highest BCUT2D eigenvalue weighted by molar-refractivity contribution is 6.04. The normalized spacial score (nSPS) is 21.6. The molecule has 1 aliphatic carbocycles. The Kier molecular flexibility index (Phi) is 3.68. The minimum absolute atomic E-state index is 0.105. The van der Waals surface area contributed by atoms with Gasteiger partial charge in [0.1, 0.15) is 0 Å². The molecule has 0 spiro atoms. The van der Waals surface area contributed by atoms with E-state index in [1.165, 1.54) is 4.90 Å². The number of benzene rings is 1. The van der Waals surface area contributed by atoms with Gasteiger partial charge in [-0.05, 0) is 30.4 Å². The minimum Gasteiger partial charge on any atom is -0.391 e. The Morgan fingerprint density at radius 1 is 1.43 bits per heavy atom. The summed E-state index contributed by atoms with van der Waals surface area (Å²) in [4.78, 5) is 25.8. The van der Waals surface area contributed by atoms with Gasteiger partial charge in [-0.25, -0.2) is 0 Å². The van der Waals surface area contributed by atoms with Crippen LogP contribution < -0.4 is 5.32 Å². The number of hydrogen-bond acceptors (Lipinski definition) is 3. The van der Waals surface area contributed by atoms with Gasteiger partial charge in [0.15, 0.2) is 0 Å². The molecular weight excluding hydrogens is 268 g/mol. The zero-order chi connectivity index (χ0) is 15.0. The van der Waals surface area contributed by atoms with Gasteiger partial charge in [0.2, 0.25) is 11.8 Å². The van der Waals surface area contributed by atoms with Gasteiger partial charge in [-0.3, -0.25) is 9.59 Å². The lowest BCUT2D eigenvalue weighted by Gasteiger charge is -2.22. The molecule has 1 aromatic rings. The van der Waals surface area contributed by atoms with E-state index in [1.54, 1.807) is 7.05 Å². The van der Waals surface area contributed by atoms with Gasteiger partial charge in [-0.2, -0.15) is 0 Å². The second-order valence-corrected chi connectivity index (χ2v) is 6.01. The molecule has 1 heterocycles. The predicted octanol–water partition coefficient (Wildman–Crippen LogP) is 1.34. The summed E-state index contributed by atoms with van der Waals surface area (Å²) >= 11 is 0. The van der Waals surface area contributed by atoms with E-state index < -0.39 is 12.0 Å². The van der Waals surface area contributed by atoms with Crippen molar-refractivity contribution in [3.8, 4) is 0 Å². The molecule has 0 aromatic heterocycles. The number of carbonyl (C=O) groups is 2. The molecule has 2 N–H and O–H groups in total. The Labute approximate surface area is 123 Å². The molecule has 1 aliphatic heterocycles. The van der Waals surface area contributed by atoms with Gasteiger partial charge in [0, 0.05) is 25.7 Å². The standard InChI is InChI=1S/C16H20N2O3/c1-18(9-14(19)10-6-7-10)15(20)8-12-11-4-2-3-5-13(11)17-16(12)21/h2-5,10,12,14,19H,6-9H2,1H3,(H,17,21). The first-order valence-corrected chi connectivity index (χ1v) is 7.38. The number of aliphatic hydroxyl groups is 1. The van der Waals surface area contributed by atoms with Crippen LogP contribution in [0.1, 0.15) is 30.7 Å². The number of para-hydroxylation sites is 1. The zero-order valence-electron chi connectivity index (χ0n) is 12.1. The summed E-state index contributed by atoms with van der Waals surface area (Å²) in [6.07, 6.45) is 1.79. The number of amides is 2. The molecule has 1 saturated carbocycles. The van der Waals surface area contributed by atoms with Crippen LogP contribution in [0.4, 0.5) is 5.69 Å². The summed E-state index contributed by atoms with van der Waals surface area (Å²) in [5, 5.41) is 12.7. The second kappa shape index (κ2) is 5.48. The van der Waals surface area contributed by atoms with Crippen LogP contribution in [0.2, 0.25) is 0 Å². The van der Waals surface area contributed by atoms with E-state index in [0.717, 1.165) is 24.1 Å². The Morgan fingerprint density at radius 3 is 2.86 bits per heavy atom. The third-order valence-electron chi connectivity index (χ3n) is 4.34. The van der Waals surface area contributed by atoms with E-state index in [2.05, 4.69) is 5.32 Å². The Hall–Kier alpha value is -1.88. The fraction of sp³-hybridized carbons (Fsp3) is 0.500. The maximum absolute atomic E-state index is 12.3. The van der Waals surface area contributed by atoms with Crippen molar-refractivity contribution in [3.05, 3.63) is 29.8 Å². The highest BCUT2D eigenvalue weighted by atomic mass is 16.3. The summed E-state index contributed by atoms with van der Waals surface area (Å²) in [5.74, 6) is -0.308. The third kappa shape index (κ3) is 2.93. The van der Waals surface area contributed by atoms with Crippen molar-refractivity contribution in [2.45, 2.75) is 31.3 Å². The molecule has 5 heteroatoms. The van der Waals surface area contributed by atoms with Crippen LogP contribution >= 0.6 is 0 Å². The molecule has 0 saturated heterocycles. The number of nitrogens with one attached hydrogen (secondary N) is 1. The smallest absolute Gasteiger partial charge is 0.232 e. The van der Waals surface area contributed by atoms with E-state index in [9.17, 15) is 14.7 Å². The van der Waals surface area contributed by atoms with Crippen LogP contribution in [0, 0.1) is 5.92 Å². The molecular formula is C16H20N2O3. The lowest BCUT2D eigenvalue weighted by molar-refractivity contribution is -0.133. The molecule has 0 bridgehead atoms. The van der Waals surface area contributed by atoms with Gasteiger partial charge in [0.05, 0.1) is 12.0 Å². The summed E-state index contributed by atoms with van der Waals surface area (Å²) in [7, 11) is 1.69. The Balaban J connectivity index is 1.63. The second-order valence-electron chi connectivity index (χ2n) is 6.01. The van der Waals surface area contributed by atoms with Crippen molar-refractivity contribution in [1.29, 1.82) is 0 Å². The number of carbonyl (C=O) groups excluding carboxylic acids is 2. The molecule has 1 aromatic carbocycles. The molecule has 2 atom stereocenters. The number of nitrogens with zero attached hydrogens (tertiary/aromatic N) is 1. The minimum atomic E-state index is -0.441. The van der Waals surface area contributed by atoms with Gasteiger partial charge in [-0.15, -0.1) is 0 Å². The lowest BCUT2D eigenvalue weighted by Crippen LogP contribution is -2.36. The SMILES string of the molecule is CN(CC(O)C1CC1)C(=O)CC1C(=O)Nc2ccccc21. The van der Waals surface area contributed by atoms with Gasteiger partial charge >= 0.3 is 0 Å². The van der Waals surface area contributed by atoms with Crippen LogP contribution in [-0.4, -0.2) is 41.5 Å². The number of fused-ring (bicyclic) bond motifs is 1. The maximum Gasteiger partial charge on any atom is 0.232 e. The molecule has 21 heavy (non-hydrogen) atoms. The largest absolute Gasteiger partial charge is 0.391 e. The number of hydrogen-bond donors (Lipinski definition) is 2. The Bertz CT molecular complexity index is 568. The zero-order valence-corrected chi connectivity index (χ0v) is 12.1. The lowest BCUT2D eigenvalue weighted by atomic mass is 9.96. The first-order valence-electron chi connectivity index (χ1n) is 7.38. The van der Waals surface area contributed by atoms with Gasteiger partial charge < -0.3 is 15.3 Å². The maximum atomic E-state index is 12.3. The summed E-state index contributed by atoms with van der Waals surface area (Å²) in [6, 6.07) is 7.46. The molecule has 1 fully saturated rings. The predicted molar refractivity (Wildman–Crippen MR) is 78.8 cm³/mol. The number of likely N-dealkylation sites (N-methyl/N-ethyl adjacent to an activating group) is 1. The highest BCUT2D eigenvalue weighted by Gasteiger charge is 2.34. The molecule has 2 amide bonds. The molecule has 2 unspecified atom stereocenters. The molecule has 112 valence electrons. The molecule has 0 radical (unpaired) electrons. The van der Waals surface area contributed by atoms with Crippen LogP contribution in [0.5, 0.6) is 0 Å². The van der Waals surface area contributed by atoms with E-state index in [-0.39, 0.29) is 18.2 Å². The van der Waals surface area contributed by atoms with E-state index in [4.69, 9.17) is 0 Å². The van der Waals surface area contributed by atoms with E-state index in [1.807, 2.05) is 24.3 Å². The molecule has 5 nitrogen and oxygen atoms in total. The van der Waals surface area contributed by atoms with Crippen LogP contribution in [0.3, 0.4) is 0 Å². The number of rotatable bonds is 5. The van der Waals surface area contributed by atoms with Gasteiger partial charge in [-0.1, -0.05) is 18.2 Å². The average Bonchev–Trinajstić information content (AvgIpc) is 3.25. The summed E-state index contributed by atoms with van der Waals surface area (Å²) < 4.78 is 0. The van der Waals surface area contributed by atoms with Crippen molar-refractivity contribution >= 4 is 17.5 Å². The number of anilines is 1. The quantitative estimate of drug-likeness (QED) is 0.859. The van der Waals surface area contributed by atoms with E-state index >= 15 is 0 Å². The Morgan fingerprint density at radius 2 is 2.14 bits per heavy atom. The molecule has 3 rings (SSSR count). The fourth-order valence-corrected chi connectivity index (χ4v) is 2.82. The van der Waals surface area contributed by atoms with Crippen LogP contribution in [0.15, 0.2) is 24.3 Å². The summed E-state index contributed by atoms with van der Waals surface area (Å²) in [6.45, 7) is 0.347.